The lowest BCUT2D eigenvalue weighted by Crippen LogP contribution is -2.33. The third-order valence-electron chi connectivity index (χ3n) is 3.26. The van der Waals surface area contributed by atoms with Crippen molar-refractivity contribution in [1.29, 1.82) is 0 Å². The third kappa shape index (κ3) is 4.60. The van der Waals surface area contributed by atoms with Crippen molar-refractivity contribution in [1.82, 2.24) is 0 Å². The molecule has 0 aromatic heterocycles. The number of halogens is 2. The van der Waals surface area contributed by atoms with Crippen LogP contribution in [0.2, 0.25) is 0 Å². The van der Waals surface area contributed by atoms with Crippen molar-refractivity contribution < 1.29 is 18.4 Å². The summed E-state index contributed by atoms with van der Waals surface area (Å²) in [6.07, 6.45) is 0.292. The smallest absolute Gasteiger partial charge is 0.236 e. The van der Waals surface area contributed by atoms with Crippen LogP contribution in [0.4, 0.5) is 20.2 Å². The molecule has 0 heterocycles. The largest absolute Gasteiger partial charge is 0.325 e. The van der Waals surface area contributed by atoms with Gasteiger partial charge in [0.2, 0.25) is 11.8 Å². The normalized spacial score (nSPS) is 10.4. The van der Waals surface area contributed by atoms with Crippen LogP contribution in [-0.4, -0.2) is 11.8 Å². The fourth-order valence-electron chi connectivity index (χ4n) is 2.02. The van der Waals surface area contributed by atoms with E-state index in [0.717, 1.165) is 0 Å². The second-order valence-corrected chi connectivity index (χ2v) is 4.95. The summed E-state index contributed by atoms with van der Waals surface area (Å²) in [6, 6.07) is 10.5. The summed E-state index contributed by atoms with van der Waals surface area (Å²) in [7, 11) is 0. The van der Waals surface area contributed by atoms with E-state index in [4.69, 9.17) is 0 Å². The maximum atomic E-state index is 12.8. The molecule has 0 aliphatic heterocycles. The van der Waals surface area contributed by atoms with Crippen molar-refractivity contribution in [3.63, 3.8) is 0 Å². The molecule has 0 radical (unpaired) electrons. The van der Waals surface area contributed by atoms with Gasteiger partial charge in [-0.25, -0.2) is 8.78 Å². The summed E-state index contributed by atoms with van der Waals surface area (Å²) in [6.45, 7) is 1.71. The summed E-state index contributed by atoms with van der Waals surface area (Å²) < 4.78 is 25.7. The second kappa shape index (κ2) is 7.49. The van der Waals surface area contributed by atoms with Gasteiger partial charge in [-0.05, 0) is 55.0 Å². The van der Waals surface area contributed by atoms with Crippen molar-refractivity contribution in [3.8, 4) is 0 Å². The average molecular weight is 318 g/mol. The number of rotatable bonds is 5. The number of anilines is 2. The number of benzene rings is 2. The molecule has 2 N–H and O–H groups in total. The molecule has 0 aliphatic carbocycles. The molecule has 0 spiro atoms. The number of hydrogen-bond donors (Lipinski definition) is 2. The van der Waals surface area contributed by atoms with E-state index < -0.39 is 29.4 Å². The number of carbonyl (C=O) groups excluding carboxylic acids is 2. The van der Waals surface area contributed by atoms with E-state index in [9.17, 15) is 18.4 Å². The topological polar surface area (TPSA) is 58.2 Å². The first-order valence-corrected chi connectivity index (χ1v) is 7.12. The number of carbonyl (C=O) groups is 2. The van der Waals surface area contributed by atoms with E-state index >= 15 is 0 Å². The van der Waals surface area contributed by atoms with E-state index in [0.29, 0.717) is 17.8 Å². The van der Waals surface area contributed by atoms with Crippen molar-refractivity contribution in [3.05, 3.63) is 60.2 Å². The zero-order valence-corrected chi connectivity index (χ0v) is 12.5. The van der Waals surface area contributed by atoms with Crippen LogP contribution in [0, 0.1) is 17.6 Å². The Balaban J connectivity index is 2.02. The maximum Gasteiger partial charge on any atom is 0.236 e. The molecule has 0 saturated heterocycles. The Morgan fingerprint density at radius 2 is 1.17 bits per heavy atom. The highest BCUT2D eigenvalue weighted by Gasteiger charge is 2.25. The van der Waals surface area contributed by atoms with Gasteiger partial charge in [0, 0.05) is 11.4 Å². The van der Waals surface area contributed by atoms with Gasteiger partial charge in [0.05, 0.1) is 0 Å². The van der Waals surface area contributed by atoms with Crippen molar-refractivity contribution >= 4 is 23.2 Å². The number of hydrogen-bond acceptors (Lipinski definition) is 2. The van der Waals surface area contributed by atoms with Crippen LogP contribution in [0.5, 0.6) is 0 Å². The van der Waals surface area contributed by atoms with Gasteiger partial charge >= 0.3 is 0 Å². The Kier molecular flexibility index (Phi) is 5.41. The van der Waals surface area contributed by atoms with Gasteiger partial charge < -0.3 is 10.6 Å². The van der Waals surface area contributed by atoms with Gasteiger partial charge in [-0.2, -0.15) is 0 Å². The zero-order valence-electron chi connectivity index (χ0n) is 12.5. The highest BCUT2D eigenvalue weighted by atomic mass is 19.1. The van der Waals surface area contributed by atoms with Crippen LogP contribution in [-0.2, 0) is 9.59 Å². The Morgan fingerprint density at radius 1 is 0.826 bits per heavy atom. The minimum atomic E-state index is -0.912. The number of nitrogens with one attached hydrogen (secondary N) is 2. The van der Waals surface area contributed by atoms with E-state index in [-0.39, 0.29) is 0 Å². The Hall–Kier alpha value is -2.76. The molecule has 2 rings (SSSR count). The molecule has 0 aliphatic rings. The monoisotopic (exact) mass is 318 g/mol. The molecule has 2 amide bonds. The Labute approximate surface area is 132 Å². The minimum Gasteiger partial charge on any atom is -0.325 e. The fraction of sp³-hybridized carbons (Fsp3) is 0.176. The van der Waals surface area contributed by atoms with Crippen LogP contribution in [0.3, 0.4) is 0 Å². The molecule has 0 bridgehead atoms. The summed E-state index contributed by atoms with van der Waals surface area (Å²) in [4.78, 5) is 24.4. The SMILES string of the molecule is CCC(C(=O)Nc1ccc(F)cc1)C(=O)Nc1ccc(F)cc1. The molecule has 120 valence electrons. The van der Waals surface area contributed by atoms with Gasteiger partial charge in [-0.15, -0.1) is 0 Å². The lowest BCUT2D eigenvalue weighted by molar-refractivity contribution is -0.129. The molecule has 0 saturated carbocycles. The van der Waals surface area contributed by atoms with Crippen molar-refractivity contribution in [2.24, 2.45) is 5.92 Å². The first-order valence-electron chi connectivity index (χ1n) is 7.12. The first-order chi connectivity index (χ1) is 11.0. The third-order valence-corrected chi connectivity index (χ3v) is 3.26. The maximum absolute atomic E-state index is 12.8. The molecular formula is C17H16F2N2O2. The molecular weight excluding hydrogens is 302 g/mol. The van der Waals surface area contributed by atoms with Crippen LogP contribution in [0.1, 0.15) is 13.3 Å². The van der Waals surface area contributed by atoms with Gasteiger partial charge in [0.15, 0.2) is 0 Å². The zero-order chi connectivity index (χ0) is 16.8. The van der Waals surface area contributed by atoms with Crippen molar-refractivity contribution in [2.75, 3.05) is 10.6 Å². The molecule has 0 unspecified atom stereocenters. The Bertz CT molecular complexity index is 625. The average Bonchev–Trinajstić information content (AvgIpc) is 2.52. The van der Waals surface area contributed by atoms with Gasteiger partial charge in [0.25, 0.3) is 0 Å². The highest BCUT2D eigenvalue weighted by Crippen LogP contribution is 2.15. The quantitative estimate of drug-likeness (QED) is 0.828. The van der Waals surface area contributed by atoms with Crippen molar-refractivity contribution in [2.45, 2.75) is 13.3 Å². The first kappa shape index (κ1) is 16.6. The summed E-state index contributed by atoms with van der Waals surface area (Å²) in [5.41, 5.74) is 0.814. The number of amides is 2. The standard InChI is InChI=1S/C17H16F2N2O2/c1-2-15(16(22)20-13-7-3-11(18)4-8-13)17(23)21-14-9-5-12(19)6-10-14/h3-10,15H,2H2,1H3,(H,20,22)(H,21,23). The summed E-state index contributed by atoms with van der Waals surface area (Å²) in [5, 5.41) is 5.14. The summed E-state index contributed by atoms with van der Waals surface area (Å²) >= 11 is 0. The lowest BCUT2D eigenvalue weighted by atomic mass is 10.0. The molecule has 4 nitrogen and oxygen atoms in total. The van der Waals surface area contributed by atoms with E-state index in [1.807, 2.05) is 0 Å². The molecule has 23 heavy (non-hydrogen) atoms. The Morgan fingerprint density at radius 3 is 1.48 bits per heavy atom. The van der Waals surface area contributed by atoms with E-state index in [1.165, 1.54) is 48.5 Å². The molecule has 6 heteroatoms. The van der Waals surface area contributed by atoms with E-state index in [2.05, 4.69) is 10.6 Å². The fourth-order valence-corrected chi connectivity index (χ4v) is 2.02. The predicted molar refractivity (Wildman–Crippen MR) is 83.8 cm³/mol. The minimum absolute atomic E-state index is 0.292. The predicted octanol–water partition coefficient (Wildman–Crippen LogP) is 3.57. The highest BCUT2D eigenvalue weighted by molar-refractivity contribution is 6.10. The van der Waals surface area contributed by atoms with Crippen LogP contribution < -0.4 is 10.6 Å². The molecule has 0 fully saturated rings. The van der Waals surface area contributed by atoms with Crippen LogP contribution in [0.25, 0.3) is 0 Å². The molecule has 0 atom stereocenters. The second-order valence-electron chi connectivity index (χ2n) is 4.95. The molecule has 2 aromatic carbocycles. The molecule has 2 aromatic rings. The van der Waals surface area contributed by atoms with Gasteiger partial charge in [0.1, 0.15) is 17.6 Å². The van der Waals surface area contributed by atoms with Crippen LogP contribution in [0.15, 0.2) is 48.5 Å². The summed E-state index contributed by atoms with van der Waals surface area (Å²) in [5.74, 6) is -2.71. The van der Waals surface area contributed by atoms with Crippen LogP contribution >= 0.6 is 0 Å². The van der Waals surface area contributed by atoms with E-state index in [1.54, 1.807) is 6.92 Å². The lowest BCUT2D eigenvalue weighted by Gasteiger charge is -2.15. The van der Waals surface area contributed by atoms with Gasteiger partial charge in [-0.1, -0.05) is 6.92 Å². The van der Waals surface area contributed by atoms with Gasteiger partial charge in [-0.3, -0.25) is 9.59 Å².